The molecule has 0 saturated heterocycles. The number of halogens is 3. The molecule has 0 aliphatic rings. The number of rotatable bonds is 9. The number of nitrogens with one attached hydrogen (secondary N) is 1. The van der Waals surface area contributed by atoms with E-state index in [1.807, 2.05) is 0 Å². The van der Waals surface area contributed by atoms with Crippen molar-refractivity contribution < 1.29 is 50.9 Å². The van der Waals surface area contributed by atoms with Crippen molar-refractivity contribution in [1.29, 1.82) is 5.41 Å². The summed E-state index contributed by atoms with van der Waals surface area (Å²) in [6.07, 6.45) is -4.65. The van der Waals surface area contributed by atoms with Crippen LogP contribution in [0.15, 0.2) is 70.5 Å². The number of methoxy groups -OCH3 is 1. The summed E-state index contributed by atoms with van der Waals surface area (Å²) in [6, 6.07) is 14.9. The van der Waals surface area contributed by atoms with Crippen molar-refractivity contribution in [2.24, 2.45) is 5.73 Å². The van der Waals surface area contributed by atoms with E-state index in [9.17, 15) is 31.5 Å². The zero-order chi connectivity index (χ0) is 30.3. The number of carboxylic acids is 2. The minimum atomic E-state index is -5.08. The second kappa shape index (κ2) is 12.8. The minimum absolute atomic E-state index is 0.0262. The molecule has 15 heteroatoms. The molecule has 0 atom stereocenters. The van der Waals surface area contributed by atoms with E-state index in [-0.39, 0.29) is 39.2 Å². The summed E-state index contributed by atoms with van der Waals surface area (Å²) in [6.45, 7) is 0.106. The molecular formula is C25H24F3N3O8S. The molecule has 0 aliphatic heterocycles. The summed E-state index contributed by atoms with van der Waals surface area (Å²) < 4.78 is 68.4. The van der Waals surface area contributed by atoms with Crippen LogP contribution in [-0.2, 0) is 21.1 Å². The van der Waals surface area contributed by atoms with Gasteiger partial charge in [-0.3, -0.25) is 5.41 Å². The smallest absolute Gasteiger partial charge is 0.490 e. The molecule has 40 heavy (non-hydrogen) atoms. The van der Waals surface area contributed by atoms with Crippen molar-refractivity contribution in [3.63, 3.8) is 0 Å². The van der Waals surface area contributed by atoms with E-state index in [2.05, 4.69) is 0 Å². The van der Waals surface area contributed by atoms with Gasteiger partial charge in [0.2, 0.25) is 9.84 Å². The molecule has 214 valence electrons. The molecular weight excluding hydrogens is 559 g/mol. The molecule has 0 bridgehead atoms. The Balaban J connectivity index is 0.000000708. The number of benzene rings is 3. The van der Waals surface area contributed by atoms with Gasteiger partial charge in [-0.2, -0.15) is 13.2 Å². The van der Waals surface area contributed by atoms with Crippen LogP contribution in [0.4, 0.5) is 18.9 Å². The number of carbonyl (C=O) groups is 2. The lowest BCUT2D eigenvalue weighted by molar-refractivity contribution is -0.192. The highest BCUT2D eigenvalue weighted by atomic mass is 32.2. The number of alkyl halides is 3. The second-order valence-electron chi connectivity index (χ2n) is 7.89. The average Bonchev–Trinajstić information content (AvgIpc) is 2.89. The third-order valence-electron chi connectivity index (χ3n) is 5.15. The van der Waals surface area contributed by atoms with Gasteiger partial charge in [0, 0.05) is 12.0 Å². The molecule has 0 fully saturated rings. The first-order chi connectivity index (χ1) is 18.6. The average molecular weight is 584 g/mol. The van der Waals surface area contributed by atoms with Gasteiger partial charge in [0.1, 0.15) is 17.1 Å². The fraction of sp³-hybridized carbons (Fsp3) is 0.160. The molecule has 3 aromatic rings. The van der Waals surface area contributed by atoms with E-state index in [1.54, 1.807) is 24.3 Å². The monoisotopic (exact) mass is 583 g/mol. The Bertz CT molecular complexity index is 1490. The Labute approximate surface area is 226 Å². The van der Waals surface area contributed by atoms with E-state index in [1.165, 1.54) is 37.4 Å². The van der Waals surface area contributed by atoms with Crippen LogP contribution in [0.1, 0.15) is 21.5 Å². The number of aliphatic carboxylic acids is 1. The molecule has 0 aromatic heterocycles. The first-order valence-electron chi connectivity index (χ1n) is 11.0. The lowest BCUT2D eigenvalue weighted by atomic mass is 10.1. The minimum Gasteiger partial charge on any atom is -0.497 e. The number of hydrogen-bond acceptors (Lipinski definition) is 8. The maximum absolute atomic E-state index is 13.0. The van der Waals surface area contributed by atoms with Crippen LogP contribution in [0, 0.1) is 5.41 Å². The third kappa shape index (κ3) is 8.10. The summed E-state index contributed by atoms with van der Waals surface area (Å²) in [5.74, 6) is -3.78. The van der Waals surface area contributed by atoms with Crippen LogP contribution in [-0.4, -0.2) is 56.3 Å². The second-order valence-corrected chi connectivity index (χ2v) is 9.83. The Morgan fingerprint density at radius 2 is 1.52 bits per heavy atom. The molecule has 0 aliphatic carbocycles. The van der Waals surface area contributed by atoms with E-state index in [4.69, 9.17) is 36.3 Å². The van der Waals surface area contributed by atoms with Crippen molar-refractivity contribution >= 4 is 33.3 Å². The van der Waals surface area contributed by atoms with Crippen LogP contribution in [0.2, 0.25) is 0 Å². The molecule has 11 nitrogen and oxygen atoms in total. The summed E-state index contributed by atoms with van der Waals surface area (Å²) in [5.41, 5.74) is 12.5. The Morgan fingerprint density at radius 3 is 1.98 bits per heavy atom. The number of nitrogens with two attached hydrogens (primary N) is 2. The maximum Gasteiger partial charge on any atom is 0.490 e. The van der Waals surface area contributed by atoms with E-state index in [0.717, 1.165) is 11.6 Å². The molecule has 7 N–H and O–H groups in total. The van der Waals surface area contributed by atoms with Gasteiger partial charge in [-0.05, 0) is 42.0 Å². The number of aromatic carboxylic acids is 1. The SMILES string of the molecule is COc1ccc(S(=O)(=O)c2cc(N)c(OCCc3ccc(C(=N)N)cc3)c(C(=O)O)c2)cc1.O=C(O)C(F)(F)F. The Morgan fingerprint density at radius 1 is 0.975 bits per heavy atom. The van der Waals surface area contributed by atoms with Crippen LogP contribution in [0.5, 0.6) is 11.5 Å². The predicted molar refractivity (Wildman–Crippen MR) is 137 cm³/mol. The van der Waals surface area contributed by atoms with Gasteiger partial charge in [0.05, 0.1) is 29.2 Å². The normalized spacial score (nSPS) is 11.1. The zero-order valence-electron chi connectivity index (χ0n) is 20.7. The maximum atomic E-state index is 13.0. The first-order valence-corrected chi connectivity index (χ1v) is 12.5. The van der Waals surface area contributed by atoms with Gasteiger partial charge >= 0.3 is 18.1 Å². The largest absolute Gasteiger partial charge is 0.497 e. The summed E-state index contributed by atoms with van der Waals surface area (Å²) in [7, 11) is -2.55. The molecule has 3 rings (SSSR count). The summed E-state index contributed by atoms with van der Waals surface area (Å²) in [5, 5.41) is 24.2. The molecule has 3 aromatic carbocycles. The predicted octanol–water partition coefficient (Wildman–Crippen LogP) is 3.35. The zero-order valence-corrected chi connectivity index (χ0v) is 21.5. The number of anilines is 1. The standard InChI is InChI=1S/C23H23N3O6S.C2HF3O2/c1-31-16-6-8-17(9-7-16)33(29,30)18-12-19(23(27)28)21(20(24)13-18)32-11-10-14-2-4-15(5-3-14)22(25)26;3-2(4,5)1(6)7/h2-9,12-13H,10-11,24H2,1H3,(H3,25,26)(H,27,28);(H,6,7). The highest BCUT2D eigenvalue weighted by Crippen LogP contribution is 2.33. The van der Waals surface area contributed by atoms with Gasteiger partial charge < -0.3 is 31.2 Å². The topological polar surface area (TPSA) is 203 Å². The Kier molecular flexibility index (Phi) is 10.1. The van der Waals surface area contributed by atoms with Crippen LogP contribution >= 0.6 is 0 Å². The Hall–Kier alpha value is -4.79. The van der Waals surface area contributed by atoms with Gasteiger partial charge in [0.15, 0.2) is 5.75 Å². The van der Waals surface area contributed by atoms with Crippen molar-refractivity contribution in [3.8, 4) is 11.5 Å². The fourth-order valence-corrected chi connectivity index (χ4v) is 4.43. The highest BCUT2D eigenvalue weighted by Gasteiger charge is 2.38. The number of hydrogen-bond donors (Lipinski definition) is 5. The first kappa shape index (κ1) is 31.4. The number of sulfone groups is 1. The lowest BCUT2D eigenvalue weighted by Gasteiger charge is -2.14. The summed E-state index contributed by atoms with van der Waals surface area (Å²) >= 11 is 0. The quantitative estimate of drug-likeness (QED) is 0.141. The number of carboxylic acid groups (broad SMARTS) is 2. The van der Waals surface area contributed by atoms with E-state index >= 15 is 0 Å². The molecule has 0 radical (unpaired) electrons. The third-order valence-corrected chi connectivity index (χ3v) is 6.90. The van der Waals surface area contributed by atoms with Crippen molar-refractivity contribution in [3.05, 3.63) is 77.4 Å². The molecule has 0 saturated carbocycles. The van der Waals surface area contributed by atoms with Gasteiger partial charge in [0.25, 0.3) is 0 Å². The van der Waals surface area contributed by atoms with Gasteiger partial charge in [-0.25, -0.2) is 18.0 Å². The highest BCUT2D eigenvalue weighted by molar-refractivity contribution is 7.91. The van der Waals surface area contributed by atoms with Crippen molar-refractivity contribution in [1.82, 2.24) is 0 Å². The van der Waals surface area contributed by atoms with Crippen molar-refractivity contribution in [2.45, 2.75) is 22.4 Å². The van der Waals surface area contributed by atoms with Gasteiger partial charge in [-0.1, -0.05) is 24.3 Å². The van der Waals surface area contributed by atoms with Gasteiger partial charge in [-0.15, -0.1) is 0 Å². The van der Waals surface area contributed by atoms with Crippen LogP contribution in [0.3, 0.4) is 0 Å². The number of nitrogen functional groups attached to an aromatic ring is 2. The molecule has 0 amide bonds. The van der Waals surface area contributed by atoms with Crippen LogP contribution in [0.25, 0.3) is 0 Å². The molecule has 0 unspecified atom stereocenters. The lowest BCUT2D eigenvalue weighted by Crippen LogP contribution is -2.21. The van der Waals surface area contributed by atoms with Crippen molar-refractivity contribution in [2.75, 3.05) is 19.5 Å². The number of amidine groups is 1. The van der Waals surface area contributed by atoms with Crippen LogP contribution < -0.4 is 20.9 Å². The van der Waals surface area contributed by atoms with E-state index < -0.39 is 28.0 Å². The summed E-state index contributed by atoms with van der Waals surface area (Å²) in [4.78, 5) is 20.4. The molecule has 0 spiro atoms. The van der Waals surface area contributed by atoms with E-state index in [0.29, 0.717) is 17.7 Å². The fourth-order valence-electron chi connectivity index (χ4n) is 3.11. The number of ether oxygens (including phenoxy) is 2. The molecule has 0 heterocycles.